The van der Waals surface area contributed by atoms with Crippen LogP contribution in [0.4, 0.5) is 0 Å². The zero-order chi connectivity index (χ0) is 13.0. The molecule has 2 N–H and O–H groups in total. The van der Waals surface area contributed by atoms with E-state index in [1.54, 1.807) is 17.8 Å². The first-order valence-electron chi connectivity index (χ1n) is 6.01. The summed E-state index contributed by atoms with van der Waals surface area (Å²) in [7, 11) is -3.51. The van der Waals surface area contributed by atoms with Gasteiger partial charge in [0.25, 0.3) is 10.0 Å². The molecule has 0 aliphatic carbocycles. The Morgan fingerprint density at radius 1 is 1.50 bits per heavy atom. The molecule has 0 radical (unpaired) electrons. The third kappa shape index (κ3) is 3.50. The van der Waals surface area contributed by atoms with Crippen LogP contribution in [0, 0.1) is 0 Å². The van der Waals surface area contributed by atoms with Gasteiger partial charge in [-0.3, -0.25) is 0 Å². The summed E-state index contributed by atoms with van der Waals surface area (Å²) >= 11 is 1.77. The second-order valence-electron chi connectivity index (χ2n) is 4.18. The largest absolute Gasteiger partial charge is 0.447 e. The lowest BCUT2D eigenvalue weighted by Gasteiger charge is -2.09. The second kappa shape index (κ2) is 6.10. The molecule has 1 aromatic rings. The molecule has 2 heterocycles. The third-order valence-electron chi connectivity index (χ3n) is 2.70. The summed E-state index contributed by atoms with van der Waals surface area (Å²) in [5.41, 5.74) is 0. The van der Waals surface area contributed by atoms with Crippen molar-refractivity contribution in [3.8, 4) is 0 Å². The minimum atomic E-state index is -3.51. The fourth-order valence-electron chi connectivity index (χ4n) is 1.75. The predicted octanol–water partition coefficient (Wildman–Crippen LogP) is 1.17. The van der Waals surface area contributed by atoms with Crippen LogP contribution in [0.3, 0.4) is 0 Å². The van der Waals surface area contributed by atoms with E-state index in [0.29, 0.717) is 12.3 Å². The molecule has 0 amide bonds. The highest BCUT2D eigenvalue weighted by atomic mass is 32.2. The van der Waals surface area contributed by atoms with Gasteiger partial charge in [-0.25, -0.2) is 13.1 Å². The van der Waals surface area contributed by atoms with Gasteiger partial charge in [-0.2, -0.15) is 11.8 Å². The van der Waals surface area contributed by atoms with Crippen LogP contribution in [-0.4, -0.2) is 32.5 Å². The maximum atomic E-state index is 12.0. The summed E-state index contributed by atoms with van der Waals surface area (Å²) in [6.45, 7) is 3.35. The molecule has 1 unspecified atom stereocenters. The number of rotatable bonds is 6. The number of hydrogen-bond donors (Lipinski definition) is 2. The van der Waals surface area contributed by atoms with Crippen LogP contribution >= 0.6 is 11.8 Å². The van der Waals surface area contributed by atoms with Gasteiger partial charge in [0.2, 0.25) is 5.09 Å². The quantitative estimate of drug-likeness (QED) is 0.823. The predicted molar refractivity (Wildman–Crippen MR) is 72.1 cm³/mol. The maximum Gasteiger partial charge on any atom is 0.274 e. The number of furan rings is 1. The van der Waals surface area contributed by atoms with Gasteiger partial charge in [0.1, 0.15) is 5.76 Å². The van der Waals surface area contributed by atoms with E-state index in [1.165, 1.54) is 6.07 Å². The molecule has 1 aliphatic rings. The van der Waals surface area contributed by atoms with Crippen molar-refractivity contribution >= 4 is 21.8 Å². The van der Waals surface area contributed by atoms with Crippen molar-refractivity contribution < 1.29 is 12.8 Å². The van der Waals surface area contributed by atoms with Crippen LogP contribution in [0.15, 0.2) is 21.6 Å². The lowest BCUT2D eigenvalue weighted by atomic mass is 10.3. The van der Waals surface area contributed by atoms with E-state index < -0.39 is 10.0 Å². The van der Waals surface area contributed by atoms with Crippen molar-refractivity contribution in [1.29, 1.82) is 0 Å². The molecule has 102 valence electrons. The molecule has 1 aliphatic heterocycles. The minimum Gasteiger partial charge on any atom is -0.447 e. The summed E-state index contributed by atoms with van der Waals surface area (Å²) in [5, 5.41) is 3.10. The van der Waals surface area contributed by atoms with Crippen molar-refractivity contribution in [3.05, 3.63) is 17.9 Å². The smallest absolute Gasteiger partial charge is 0.274 e. The molecule has 1 saturated heterocycles. The molecule has 0 spiro atoms. The highest BCUT2D eigenvalue weighted by Crippen LogP contribution is 2.20. The Morgan fingerprint density at radius 2 is 2.33 bits per heavy atom. The molecular weight excluding hydrogens is 272 g/mol. The van der Waals surface area contributed by atoms with Gasteiger partial charge in [0.05, 0.1) is 6.54 Å². The van der Waals surface area contributed by atoms with E-state index in [9.17, 15) is 8.42 Å². The fraction of sp³-hybridized carbons (Fsp3) is 0.636. The molecular formula is C11H18N2O3S2. The zero-order valence-electron chi connectivity index (χ0n) is 10.3. The Morgan fingerprint density at radius 3 is 3.00 bits per heavy atom. The van der Waals surface area contributed by atoms with E-state index >= 15 is 0 Å². The SMILES string of the molecule is CCNCc1ccc(S(=O)(=O)NC2CCSC2)o1. The first-order valence-corrected chi connectivity index (χ1v) is 8.65. The van der Waals surface area contributed by atoms with Crippen LogP contribution in [0.1, 0.15) is 19.1 Å². The van der Waals surface area contributed by atoms with Crippen molar-refractivity contribution in [2.75, 3.05) is 18.1 Å². The minimum absolute atomic E-state index is 0.00676. The Labute approximate surface area is 112 Å². The topological polar surface area (TPSA) is 71.3 Å². The Kier molecular flexibility index (Phi) is 4.71. The van der Waals surface area contributed by atoms with E-state index in [0.717, 1.165) is 24.5 Å². The molecule has 18 heavy (non-hydrogen) atoms. The van der Waals surface area contributed by atoms with Gasteiger partial charge < -0.3 is 9.73 Å². The monoisotopic (exact) mass is 290 g/mol. The van der Waals surface area contributed by atoms with Gasteiger partial charge in [0.15, 0.2) is 0 Å². The molecule has 1 aromatic heterocycles. The van der Waals surface area contributed by atoms with Gasteiger partial charge >= 0.3 is 0 Å². The summed E-state index contributed by atoms with van der Waals surface area (Å²) in [5.74, 6) is 2.49. The van der Waals surface area contributed by atoms with Crippen LogP contribution in [0.5, 0.6) is 0 Å². The molecule has 0 bridgehead atoms. The van der Waals surface area contributed by atoms with Crippen LogP contribution in [0.2, 0.25) is 0 Å². The standard InChI is InChI=1S/C11H18N2O3S2/c1-2-12-7-10-3-4-11(16-10)18(14,15)13-9-5-6-17-8-9/h3-4,9,12-13H,2,5-8H2,1H3. The van der Waals surface area contributed by atoms with Crippen molar-refractivity contribution in [2.24, 2.45) is 0 Å². The molecule has 0 aromatic carbocycles. The van der Waals surface area contributed by atoms with Crippen LogP contribution < -0.4 is 10.0 Å². The Balaban J connectivity index is 2.02. The summed E-state index contributed by atoms with van der Waals surface area (Å²) in [6, 6.07) is 3.24. The zero-order valence-corrected chi connectivity index (χ0v) is 11.9. The number of nitrogens with one attached hydrogen (secondary N) is 2. The molecule has 1 fully saturated rings. The molecule has 7 heteroatoms. The molecule has 2 rings (SSSR count). The fourth-order valence-corrected chi connectivity index (χ4v) is 4.23. The Hall–Kier alpha value is -0.500. The van der Waals surface area contributed by atoms with E-state index in [1.807, 2.05) is 6.92 Å². The van der Waals surface area contributed by atoms with Crippen molar-refractivity contribution in [3.63, 3.8) is 0 Å². The number of thioether (sulfide) groups is 1. The molecule has 1 atom stereocenters. The number of sulfonamides is 1. The van der Waals surface area contributed by atoms with Crippen molar-refractivity contribution in [1.82, 2.24) is 10.0 Å². The lowest BCUT2D eigenvalue weighted by molar-refractivity contribution is 0.400. The Bertz CT molecular complexity index is 478. The lowest BCUT2D eigenvalue weighted by Crippen LogP contribution is -2.34. The highest BCUT2D eigenvalue weighted by molar-refractivity contribution is 7.99. The van der Waals surface area contributed by atoms with E-state index in [4.69, 9.17) is 4.42 Å². The van der Waals surface area contributed by atoms with Gasteiger partial charge in [0, 0.05) is 11.8 Å². The third-order valence-corrected chi connectivity index (χ3v) is 5.26. The molecule has 5 nitrogen and oxygen atoms in total. The first kappa shape index (κ1) is 13.9. The van der Waals surface area contributed by atoms with Gasteiger partial charge in [-0.1, -0.05) is 6.92 Å². The first-order chi connectivity index (χ1) is 8.62. The van der Waals surface area contributed by atoms with Crippen molar-refractivity contribution in [2.45, 2.75) is 31.0 Å². The second-order valence-corrected chi connectivity index (χ2v) is 6.98. The molecule has 0 saturated carbocycles. The summed E-state index contributed by atoms with van der Waals surface area (Å²) < 4.78 is 32.1. The average molecular weight is 290 g/mol. The van der Waals surface area contributed by atoms with Crippen LogP contribution in [0.25, 0.3) is 0 Å². The normalized spacial score (nSPS) is 20.4. The van der Waals surface area contributed by atoms with E-state index in [2.05, 4.69) is 10.0 Å². The van der Waals surface area contributed by atoms with Crippen LogP contribution in [-0.2, 0) is 16.6 Å². The van der Waals surface area contributed by atoms with E-state index in [-0.39, 0.29) is 11.1 Å². The van der Waals surface area contributed by atoms with Gasteiger partial charge in [-0.05, 0) is 30.9 Å². The van der Waals surface area contributed by atoms with Gasteiger partial charge in [-0.15, -0.1) is 0 Å². The highest BCUT2D eigenvalue weighted by Gasteiger charge is 2.25. The number of hydrogen-bond acceptors (Lipinski definition) is 5. The maximum absolute atomic E-state index is 12.0. The summed E-state index contributed by atoms with van der Waals surface area (Å²) in [6.07, 6.45) is 0.884. The average Bonchev–Trinajstić information content (AvgIpc) is 2.96. The summed E-state index contributed by atoms with van der Waals surface area (Å²) in [4.78, 5) is 0.